The third-order valence-electron chi connectivity index (χ3n) is 4.50. The van der Waals surface area contributed by atoms with Crippen LogP contribution in [0.1, 0.15) is 18.4 Å². The number of aryl methyl sites for hydroxylation is 1. The Bertz CT molecular complexity index is 729. The van der Waals surface area contributed by atoms with E-state index in [1.165, 1.54) is 10.0 Å². The average molecular weight is 371 g/mol. The molecular formula is C18H15BrN2O2. The zero-order chi connectivity index (χ0) is 16.2. The number of hydrogen-bond donors (Lipinski definition) is 0. The van der Waals surface area contributed by atoms with Gasteiger partial charge in [-0.25, -0.2) is 10.0 Å². The van der Waals surface area contributed by atoms with Crippen molar-refractivity contribution in [3.05, 3.63) is 58.6 Å². The van der Waals surface area contributed by atoms with Crippen LogP contribution in [0.2, 0.25) is 0 Å². The van der Waals surface area contributed by atoms with Crippen LogP contribution in [0, 0.1) is 12.3 Å². The van der Waals surface area contributed by atoms with Crippen molar-refractivity contribution < 1.29 is 9.59 Å². The fraction of sp³-hybridized carbons (Fsp3) is 0.222. The van der Waals surface area contributed by atoms with Gasteiger partial charge in [0.1, 0.15) is 5.41 Å². The van der Waals surface area contributed by atoms with E-state index >= 15 is 0 Å². The molecule has 0 radical (unpaired) electrons. The van der Waals surface area contributed by atoms with E-state index in [9.17, 15) is 9.59 Å². The van der Waals surface area contributed by atoms with Gasteiger partial charge in [-0.15, -0.1) is 0 Å². The maximum atomic E-state index is 12.9. The second-order valence-electron chi connectivity index (χ2n) is 6.13. The predicted molar refractivity (Wildman–Crippen MR) is 92.0 cm³/mol. The molecule has 1 heterocycles. The lowest BCUT2D eigenvalue weighted by molar-refractivity contribution is -0.128. The molecule has 23 heavy (non-hydrogen) atoms. The fourth-order valence-electron chi connectivity index (χ4n) is 2.97. The predicted octanol–water partition coefficient (Wildman–Crippen LogP) is 3.83. The number of hydrazine groups is 1. The molecule has 2 aromatic carbocycles. The van der Waals surface area contributed by atoms with Crippen LogP contribution in [0.4, 0.5) is 11.4 Å². The smallest absolute Gasteiger partial charge is 0.261 e. The van der Waals surface area contributed by atoms with E-state index in [0.717, 1.165) is 15.7 Å². The summed E-state index contributed by atoms with van der Waals surface area (Å²) in [7, 11) is 0. The van der Waals surface area contributed by atoms with Gasteiger partial charge in [-0.1, -0.05) is 33.6 Å². The Morgan fingerprint density at radius 3 is 1.70 bits per heavy atom. The molecule has 2 aliphatic rings. The lowest BCUT2D eigenvalue weighted by Crippen LogP contribution is -2.41. The summed E-state index contributed by atoms with van der Waals surface area (Å²) in [4.78, 5) is 25.8. The molecule has 0 atom stereocenters. The molecule has 1 spiro atoms. The van der Waals surface area contributed by atoms with Gasteiger partial charge < -0.3 is 0 Å². The molecule has 2 aromatic rings. The normalized spacial score (nSPS) is 18.9. The van der Waals surface area contributed by atoms with Crippen LogP contribution in [0.5, 0.6) is 0 Å². The summed E-state index contributed by atoms with van der Waals surface area (Å²) in [5.41, 5.74) is 1.71. The van der Waals surface area contributed by atoms with Crippen LogP contribution in [-0.4, -0.2) is 11.8 Å². The van der Waals surface area contributed by atoms with Crippen LogP contribution in [0.25, 0.3) is 0 Å². The third kappa shape index (κ3) is 2.10. The maximum Gasteiger partial charge on any atom is 0.261 e. The molecule has 116 valence electrons. The average Bonchev–Trinajstić information content (AvgIpc) is 3.32. The highest BCUT2D eigenvalue weighted by Crippen LogP contribution is 2.54. The molecule has 4 rings (SSSR count). The molecule has 4 nitrogen and oxygen atoms in total. The highest BCUT2D eigenvalue weighted by atomic mass is 79.9. The van der Waals surface area contributed by atoms with Crippen LogP contribution in [-0.2, 0) is 9.59 Å². The summed E-state index contributed by atoms with van der Waals surface area (Å²) in [6.45, 7) is 2.00. The van der Waals surface area contributed by atoms with Gasteiger partial charge in [0.15, 0.2) is 0 Å². The van der Waals surface area contributed by atoms with E-state index in [-0.39, 0.29) is 11.8 Å². The summed E-state index contributed by atoms with van der Waals surface area (Å²) < 4.78 is 0.933. The molecular weight excluding hydrogens is 356 g/mol. The minimum absolute atomic E-state index is 0.116. The molecule has 1 aliphatic heterocycles. The van der Waals surface area contributed by atoms with E-state index in [1.54, 1.807) is 0 Å². The Morgan fingerprint density at radius 1 is 0.826 bits per heavy atom. The highest BCUT2D eigenvalue weighted by Gasteiger charge is 2.66. The van der Waals surface area contributed by atoms with Gasteiger partial charge >= 0.3 is 0 Å². The van der Waals surface area contributed by atoms with Crippen molar-refractivity contribution >= 4 is 39.1 Å². The number of anilines is 2. The molecule has 0 N–H and O–H groups in total. The molecule has 1 aliphatic carbocycles. The summed E-state index contributed by atoms with van der Waals surface area (Å²) in [5, 5.41) is 3.05. The van der Waals surface area contributed by atoms with Gasteiger partial charge in [-0.05, 0) is 56.2 Å². The molecule has 2 fully saturated rings. The van der Waals surface area contributed by atoms with Gasteiger partial charge in [0.05, 0.1) is 11.4 Å². The summed E-state index contributed by atoms with van der Waals surface area (Å²) in [5.74, 6) is -0.236. The number of carbonyl (C=O) groups excluding carboxylic acids is 2. The number of rotatable bonds is 2. The molecule has 0 bridgehead atoms. The Labute approximate surface area is 142 Å². The quantitative estimate of drug-likeness (QED) is 0.753. The number of halogens is 1. The Balaban J connectivity index is 1.83. The molecule has 1 saturated heterocycles. The third-order valence-corrected chi connectivity index (χ3v) is 5.03. The van der Waals surface area contributed by atoms with E-state index < -0.39 is 5.41 Å². The van der Waals surface area contributed by atoms with Crippen molar-refractivity contribution in [2.45, 2.75) is 19.8 Å². The molecule has 0 unspecified atom stereocenters. The van der Waals surface area contributed by atoms with Gasteiger partial charge in [0.25, 0.3) is 11.8 Å². The van der Waals surface area contributed by atoms with Crippen molar-refractivity contribution in [3.63, 3.8) is 0 Å². The number of hydrogen-bond acceptors (Lipinski definition) is 2. The second kappa shape index (κ2) is 4.93. The maximum absolute atomic E-state index is 12.9. The SMILES string of the molecule is Cc1ccc(N2C(=O)C3(CC3)C(=O)N2c2ccc(Br)cc2)cc1. The first-order valence-corrected chi connectivity index (χ1v) is 8.33. The van der Waals surface area contributed by atoms with Crippen LogP contribution in [0.3, 0.4) is 0 Å². The number of benzene rings is 2. The van der Waals surface area contributed by atoms with Crippen LogP contribution in [0.15, 0.2) is 53.0 Å². The molecule has 5 heteroatoms. The van der Waals surface area contributed by atoms with E-state index in [2.05, 4.69) is 15.9 Å². The van der Waals surface area contributed by atoms with Crippen molar-refractivity contribution in [2.75, 3.05) is 10.0 Å². The summed E-state index contributed by atoms with van der Waals surface area (Å²) >= 11 is 3.40. The zero-order valence-corrected chi connectivity index (χ0v) is 14.2. The van der Waals surface area contributed by atoms with Crippen molar-refractivity contribution in [1.29, 1.82) is 0 Å². The Morgan fingerprint density at radius 2 is 1.26 bits per heavy atom. The number of carbonyl (C=O) groups is 2. The standard InChI is InChI=1S/C18H15BrN2O2/c1-12-2-6-14(7-3-12)20-16(22)18(10-11-18)17(23)21(20)15-8-4-13(19)5-9-15/h2-9H,10-11H2,1H3. The minimum Gasteiger partial charge on any atom is -0.271 e. The van der Waals surface area contributed by atoms with Gasteiger partial charge in [0.2, 0.25) is 0 Å². The first-order chi connectivity index (χ1) is 11.0. The first-order valence-electron chi connectivity index (χ1n) is 7.54. The summed E-state index contributed by atoms with van der Waals surface area (Å²) in [6, 6.07) is 15.1. The summed E-state index contributed by atoms with van der Waals surface area (Å²) in [6.07, 6.45) is 1.28. The van der Waals surface area contributed by atoms with E-state index in [0.29, 0.717) is 18.5 Å². The van der Waals surface area contributed by atoms with Crippen molar-refractivity contribution in [2.24, 2.45) is 5.41 Å². The second-order valence-corrected chi connectivity index (χ2v) is 7.04. The Hall–Kier alpha value is -2.14. The lowest BCUT2D eigenvalue weighted by Gasteiger charge is -2.27. The van der Waals surface area contributed by atoms with E-state index in [1.807, 2.05) is 55.5 Å². The van der Waals surface area contributed by atoms with E-state index in [4.69, 9.17) is 0 Å². The minimum atomic E-state index is -0.835. The molecule has 0 aromatic heterocycles. The lowest BCUT2D eigenvalue weighted by atomic mass is 10.1. The van der Waals surface area contributed by atoms with Gasteiger partial charge in [-0.2, -0.15) is 0 Å². The molecule has 2 amide bonds. The highest BCUT2D eigenvalue weighted by molar-refractivity contribution is 9.10. The van der Waals surface area contributed by atoms with Crippen molar-refractivity contribution in [3.8, 4) is 0 Å². The largest absolute Gasteiger partial charge is 0.271 e. The van der Waals surface area contributed by atoms with Crippen LogP contribution >= 0.6 is 15.9 Å². The van der Waals surface area contributed by atoms with Gasteiger partial charge in [-0.3, -0.25) is 9.59 Å². The monoisotopic (exact) mass is 370 g/mol. The number of amides is 2. The van der Waals surface area contributed by atoms with Gasteiger partial charge in [0, 0.05) is 4.47 Å². The Kier molecular flexibility index (Phi) is 3.10. The molecule has 1 saturated carbocycles. The first kappa shape index (κ1) is 14.5. The zero-order valence-electron chi connectivity index (χ0n) is 12.6. The fourth-order valence-corrected chi connectivity index (χ4v) is 3.23. The topological polar surface area (TPSA) is 40.6 Å². The van der Waals surface area contributed by atoms with Crippen LogP contribution < -0.4 is 10.0 Å². The number of nitrogens with zero attached hydrogens (tertiary/aromatic N) is 2. The van der Waals surface area contributed by atoms with Crippen molar-refractivity contribution in [1.82, 2.24) is 0 Å².